The molecule has 100 valence electrons. The fourth-order valence-corrected chi connectivity index (χ4v) is 2.61. The Bertz CT molecular complexity index is 650. The van der Waals surface area contributed by atoms with E-state index in [0.717, 1.165) is 10.9 Å². The second-order valence-corrected chi connectivity index (χ2v) is 4.90. The van der Waals surface area contributed by atoms with Crippen LogP contribution in [-0.2, 0) is 16.6 Å². The van der Waals surface area contributed by atoms with Gasteiger partial charge in [-0.15, -0.1) is 0 Å². The van der Waals surface area contributed by atoms with Gasteiger partial charge in [-0.2, -0.15) is 5.10 Å². The number of rotatable bonds is 3. The van der Waals surface area contributed by atoms with Crippen molar-refractivity contribution in [2.45, 2.75) is 19.3 Å². The normalized spacial score (nSPS) is 21.6. The van der Waals surface area contributed by atoms with Gasteiger partial charge < -0.3 is 4.74 Å². The fraction of sp³-hybridized carbons (Fsp3) is 0.429. The molecule has 1 saturated carbocycles. The highest BCUT2D eigenvalue weighted by molar-refractivity contribution is 5.86. The number of halogens is 1. The first-order chi connectivity index (χ1) is 9.11. The van der Waals surface area contributed by atoms with Gasteiger partial charge >= 0.3 is 5.97 Å². The van der Waals surface area contributed by atoms with E-state index < -0.39 is 0 Å². The van der Waals surface area contributed by atoms with Crippen LogP contribution in [0.4, 0.5) is 4.39 Å². The monoisotopic (exact) mass is 262 g/mol. The lowest BCUT2D eigenvalue weighted by Gasteiger charge is -2.04. The van der Waals surface area contributed by atoms with Crippen molar-refractivity contribution in [3.63, 3.8) is 0 Å². The van der Waals surface area contributed by atoms with Crippen LogP contribution in [0.1, 0.15) is 24.8 Å². The standard InChI is InChI=1S/C14H15FN2O2/c1-3-19-14(18)9-6-8(9)13-10-7-17(2)16-12(10)5-4-11(13)15/h4-5,7-9H,3,6H2,1-2H3. The minimum atomic E-state index is -0.266. The molecule has 1 aliphatic carbocycles. The SMILES string of the molecule is CCOC(=O)C1CC1c1c(F)ccc2nn(C)cc12. The third kappa shape index (κ3) is 1.99. The number of aryl methyl sites for hydroxylation is 1. The van der Waals surface area contributed by atoms with Gasteiger partial charge in [0, 0.05) is 30.1 Å². The van der Waals surface area contributed by atoms with Crippen molar-refractivity contribution in [2.24, 2.45) is 13.0 Å². The van der Waals surface area contributed by atoms with Gasteiger partial charge in [0.2, 0.25) is 0 Å². The molecule has 1 aromatic heterocycles. The number of fused-ring (bicyclic) bond motifs is 1. The maximum atomic E-state index is 14.1. The van der Waals surface area contributed by atoms with Gasteiger partial charge in [-0.25, -0.2) is 4.39 Å². The summed E-state index contributed by atoms with van der Waals surface area (Å²) < 4.78 is 20.7. The predicted molar refractivity (Wildman–Crippen MR) is 68.2 cm³/mol. The molecule has 4 nitrogen and oxygen atoms in total. The van der Waals surface area contributed by atoms with Crippen molar-refractivity contribution in [1.82, 2.24) is 9.78 Å². The van der Waals surface area contributed by atoms with Crippen LogP contribution in [0.25, 0.3) is 10.9 Å². The second-order valence-electron chi connectivity index (χ2n) is 4.90. The Morgan fingerprint density at radius 2 is 2.37 bits per heavy atom. The summed E-state index contributed by atoms with van der Waals surface area (Å²) in [7, 11) is 1.80. The summed E-state index contributed by atoms with van der Waals surface area (Å²) in [5.74, 6) is -0.780. The van der Waals surface area contributed by atoms with Crippen LogP contribution in [0.2, 0.25) is 0 Å². The van der Waals surface area contributed by atoms with Crippen LogP contribution in [-0.4, -0.2) is 22.4 Å². The molecule has 0 saturated heterocycles. The molecule has 0 N–H and O–H groups in total. The Morgan fingerprint density at radius 1 is 1.58 bits per heavy atom. The zero-order chi connectivity index (χ0) is 13.6. The number of hydrogen-bond donors (Lipinski definition) is 0. The molecule has 0 spiro atoms. The van der Waals surface area contributed by atoms with Crippen molar-refractivity contribution < 1.29 is 13.9 Å². The maximum absolute atomic E-state index is 14.1. The van der Waals surface area contributed by atoms with E-state index in [9.17, 15) is 9.18 Å². The van der Waals surface area contributed by atoms with Gasteiger partial charge in [0.25, 0.3) is 0 Å². The van der Waals surface area contributed by atoms with E-state index >= 15 is 0 Å². The zero-order valence-corrected chi connectivity index (χ0v) is 10.9. The second kappa shape index (κ2) is 4.33. The molecule has 2 unspecified atom stereocenters. The quantitative estimate of drug-likeness (QED) is 0.798. The Kier molecular flexibility index (Phi) is 2.77. The molecule has 2 aromatic rings. The summed E-state index contributed by atoms with van der Waals surface area (Å²) in [5.41, 5.74) is 1.36. The minimum absolute atomic E-state index is 0.0769. The summed E-state index contributed by atoms with van der Waals surface area (Å²) >= 11 is 0. The number of carbonyl (C=O) groups is 1. The summed E-state index contributed by atoms with van der Waals surface area (Å²) in [6.07, 6.45) is 2.46. The van der Waals surface area contributed by atoms with E-state index in [1.165, 1.54) is 6.07 Å². The van der Waals surface area contributed by atoms with E-state index in [2.05, 4.69) is 5.10 Å². The molecule has 19 heavy (non-hydrogen) atoms. The van der Waals surface area contributed by atoms with Gasteiger partial charge in [0.05, 0.1) is 18.0 Å². The van der Waals surface area contributed by atoms with Crippen molar-refractivity contribution >= 4 is 16.9 Å². The van der Waals surface area contributed by atoms with E-state index in [1.807, 2.05) is 0 Å². The molecule has 0 radical (unpaired) electrons. The first-order valence-corrected chi connectivity index (χ1v) is 6.40. The molecular formula is C14H15FN2O2. The molecule has 2 atom stereocenters. The Morgan fingerprint density at radius 3 is 3.11 bits per heavy atom. The number of ether oxygens (including phenoxy) is 1. The molecule has 1 aromatic carbocycles. The highest BCUT2D eigenvalue weighted by Gasteiger charge is 2.47. The summed E-state index contributed by atoms with van der Waals surface area (Å²) in [6, 6.07) is 3.08. The first-order valence-electron chi connectivity index (χ1n) is 6.40. The van der Waals surface area contributed by atoms with Gasteiger partial charge in [-0.1, -0.05) is 0 Å². The van der Waals surface area contributed by atoms with E-state index in [4.69, 9.17) is 4.74 Å². The number of carbonyl (C=O) groups excluding carboxylic acids is 1. The van der Waals surface area contributed by atoms with Gasteiger partial charge in [-0.05, 0) is 25.5 Å². The van der Waals surface area contributed by atoms with Crippen molar-refractivity contribution in [3.05, 3.63) is 29.7 Å². The third-order valence-electron chi connectivity index (χ3n) is 3.54. The fourth-order valence-electron chi connectivity index (χ4n) is 2.61. The van der Waals surface area contributed by atoms with Crippen molar-refractivity contribution in [3.8, 4) is 0 Å². The van der Waals surface area contributed by atoms with Gasteiger partial charge in [0.15, 0.2) is 0 Å². The maximum Gasteiger partial charge on any atom is 0.309 e. The zero-order valence-electron chi connectivity index (χ0n) is 10.9. The lowest BCUT2D eigenvalue weighted by molar-refractivity contribution is -0.144. The molecule has 1 heterocycles. The predicted octanol–water partition coefficient (Wildman–Crippen LogP) is 2.38. The first kappa shape index (κ1) is 12.1. The molecule has 5 heteroatoms. The highest BCUT2D eigenvalue weighted by Crippen LogP contribution is 2.50. The molecule has 1 aliphatic rings. The van der Waals surface area contributed by atoms with Crippen molar-refractivity contribution in [2.75, 3.05) is 6.61 Å². The molecule has 3 rings (SSSR count). The van der Waals surface area contributed by atoms with Crippen molar-refractivity contribution in [1.29, 1.82) is 0 Å². The van der Waals surface area contributed by atoms with Gasteiger partial charge in [-0.3, -0.25) is 9.48 Å². The lowest BCUT2D eigenvalue weighted by Crippen LogP contribution is -2.07. The Labute approximate surface area is 110 Å². The van der Waals surface area contributed by atoms with Crippen LogP contribution in [0.3, 0.4) is 0 Å². The van der Waals surface area contributed by atoms with Crippen LogP contribution in [0.15, 0.2) is 18.3 Å². The average molecular weight is 262 g/mol. The van der Waals surface area contributed by atoms with Crippen LogP contribution in [0, 0.1) is 11.7 Å². The average Bonchev–Trinajstić information content (AvgIpc) is 3.05. The number of benzene rings is 1. The molecular weight excluding hydrogens is 247 g/mol. The molecule has 0 aliphatic heterocycles. The molecule has 0 bridgehead atoms. The lowest BCUT2D eigenvalue weighted by atomic mass is 10.0. The summed E-state index contributed by atoms with van der Waals surface area (Å²) in [5, 5.41) is 5.06. The third-order valence-corrected chi connectivity index (χ3v) is 3.54. The largest absolute Gasteiger partial charge is 0.466 e. The topological polar surface area (TPSA) is 44.1 Å². The van der Waals surface area contributed by atoms with Crippen LogP contribution < -0.4 is 0 Å². The Balaban J connectivity index is 1.98. The number of hydrogen-bond acceptors (Lipinski definition) is 3. The van der Waals surface area contributed by atoms with E-state index in [-0.39, 0.29) is 23.6 Å². The summed E-state index contributed by atoms with van der Waals surface area (Å²) in [6.45, 7) is 2.14. The number of aromatic nitrogens is 2. The Hall–Kier alpha value is -1.91. The van der Waals surface area contributed by atoms with Crippen LogP contribution >= 0.6 is 0 Å². The van der Waals surface area contributed by atoms with Gasteiger partial charge in [0.1, 0.15) is 5.82 Å². The molecule has 0 amide bonds. The smallest absolute Gasteiger partial charge is 0.309 e. The highest BCUT2D eigenvalue weighted by atomic mass is 19.1. The van der Waals surface area contributed by atoms with Crippen LogP contribution in [0.5, 0.6) is 0 Å². The number of esters is 1. The van der Waals surface area contributed by atoms with E-state index in [0.29, 0.717) is 18.6 Å². The van der Waals surface area contributed by atoms with E-state index in [1.54, 1.807) is 30.9 Å². The summed E-state index contributed by atoms with van der Waals surface area (Å²) in [4.78, 5) is 11.7. The molecule has 1 fully saturated rings. The number of nitrogens with zero attached hydrogens (tertiary/aromatic N) is 2. The minimum Gasteiger partial charge on any atom is -0.466 e.